The van der Waals surface area contributed by atoms with Crippen LogP contribution >= 0.6 is 11.6 Å². The van der Waals surface area contributed by atoms with E-state index < -0.39 is 24.4 Å². The Morgan fingerprint density at radius 3 is 2.46 bits per heavy atom. The summed E-state index contributed by atoms with van der Waals surface area (Å²) in [6.45, 7) is -0.356. The van der Waals surface area contributed by atoms with E-state index in [0.717, 1.165) is 0 Å². The van der Waals surface area contributed by atoms with Gasteiger partial charge >= 0.3 is 5.97 Å². The first kappa shape index (κ1) is 24.1. The van der Waals surface area contributed by atoms with Crippen LogP contribution < -0.4 is 19.7 Å². The molecule has 0 aliphatic carbocycles. The van der Waals surface area contributed by atoms with Crippen molar-refractivity contribution in [3.8, 4) is 17.2 Å². The van der Waals surface area contributed by atoms with Gasteiger partial charge in [0.15, 0.2) is 6.61 Å². The molecule has 0 unspecified atom stereocenters. The first-order valence-corrected chi connectivity index (χ1v) is 11.2. The third kappa shape index (κ3) is 6.10. The number of nitrogens with zero attached hydrogens (tertiary/aromatic N) is 1. The molecule has 1 N–H and O–H groups in total. The van der Waals surface area contributed by atoms with E-state index in [1.807, 2.05) is 30.3 Å². The fourth-order valence-corrected chi connectivity index (χ4v) is 3.82. The number of hydrogen-bond acceptors (Lipinski definition) is 6. The van der Waals surface area contributed by atoms with E-state index in [-0.39, 0.29) is 18.9 Å². The maximum Gasteiger partial charge on any atom is 0.311 e. The largest absolute Gasteiger partial charge is 0.495 e. The molecule has 3 aromatic carbocycles. The number of anilines is 2. The molecular weight excluding hydrogens is 472 g/mol. The van der Waals surface area contributed by atoms with Gasteiger partial charge in [0.25, 0.3) is 5.91 Å². The lowest BCUT2D eigenvalue weighted by Crippen LogP contribution is -2.28. The highest BCUT2D eigenvalue weighted by Crippen LogP contribution is 2.35. The van der Waals surface area contributed by atoms with Crippen LogP contribution in [0.15, 0.2) is 72.8 Å². The normalized spacial score (nSPS) is 15.0. The summed E-state index contributed by atoms with van der Waals surface area (Å²) in [4.78, 5) is 38.7. The number of esters is 1. The maximum absolute atomic E-state index is 12.5. The lowest BCUT2D eigenvalue weighted by Gasteiger charge is -2.19. The van der Waals surface area contributed by atoms with Crippen LogP contribution in [0.1, 0.15) is 6.42 Å². The summed E-state index contributed by atoms with van der Waals surface area (Å²) in [7, 11) is 1.49. The van der Waals surface area contributed by atoms with Gasteiger partial charge in [-0.2, -0.15) is 0 Å². The minimum Gasteiger partial charge on any atom is -0.495 e. The molecule has 1 saturated heterocycles. The fraction of sp³-hybridized carbons (Fsp3) is 0.192. The molecule has 1 atom stereocenters. The Bertz CT molecular complexity index is 1220. The van der Waals surface area contributed by atoms with Crippen LogP contribution in [0.25, 0.3) is 0 Å². The number of amides is 2. The van der Waals surface area contributed by atoms with E-state index in [1.54, 1.807) is 42.5 Å². The van der Waals surface area contributed by atoms with Gasteiger partial charge in [-0.1, -0.05) is 29.8 Å². The molecule has 0 aromatic heterocycles. The molecule has 180 valence electrons. The van der Waals surface area contributed by atoms with Gasteiger partial charge in [0.1, 0.15) is 17.2 Å². The molecule has 1 heterocycles. The van der Waals surface area contributed by atoms with E-state index in [2.05, 4.69) is 5.32 Å². The molecule has 3 aromatic rings. The number of carbonyl (C=O) groups is 3. The van der Waals surface area contributed by atoms with Gasteiger partial charge in [-0.25, -0.2) is 0 Å². The molecule has 1 aliphatic rings. The van der Waals surface area contributed by atoms with Gasteiger partial charge in [-0.05, 0) is 54.6 Å². The monoisotopic (exact) mass is 494 g/mol. The number of ether oxygens (including phenoxy) is 3. The molecular formula is C26H23ClN2O6. The summed E-state index contributed by atoms with van der Waals surface area (Å²) < 4.78 is 16.2. The average molecular weight is 495 g/mol. The number of methoxy groups -OCH3 is 1. The molecule has 4 rings (SSSR count). The molecule has 0 spiro atoms. The zero-order valence-electron chi connectivity index (χ0n) is 18.9. The van der Waals surface area contributed by atoms with Crippen molar-refractivity contribution in [1.82, 2.24) is 0 Å². The predicted octanol–water partition coefficient (Wildman–Crippen LogP) is 4.68. The van der Waals surface area contributed by atoms with Crippen LogP contribution in [0.3, 0.4) is 0 Å². The summed E-state index contributed by atoms with van der Waals surface area (Å²) in [5.41, 5.74) is 1.01. The lowest BCUT2D eigenvalue weighted by atomic mass is 10.1. The molecule has 2 amide bonds. The Labute approximate surface area is 207 Å². The van der Waals surface area contributed by atoms with Crippen molar-refractivity contribution in [3.63, 3.8) is 0 Å². The van der Waals surface area contributed by atoms with E-state index in [4.69, 9.17) is 25.8 Å². The third-order valence-corrected chi connectivity index (χ3v) is 5.59. The summed E-state index contributed by atoms with van der Waals surface area (Å²) in [6, 6.07) is 21.0. The topological polar surface area (TPSA) is 94.2 Å². The Morgan fingerprint density at radius 1 is 1.03 bits per heavy atom. The number of rotatable bonds is 8. The summed E-state index contributed by atoms with van der Waals surface area (Å²) in [5.74, 6) is -0.280. The van der Waals surface area contributed by atoms with E-state index >= 15 is 0 Å². The number of nitrogens with one attached hydrogen (secondary N) is 1. The van der Waals surface area contributed by atoms with Crippen molar-refractivity contribution in [2.75, 3.05) is 30.5 Å². The number of hydrogen-bond donors (Lipinski definition) is 1. The van der Waals surface area contributed by atoms with Crippen LogP contribution in [0, 0.1) is 5.92 Å². The highest BCUT2D eigenvalue weighted by atomic mass is 35.5. The maximum atomic E-state index is 12.5. The number of benzene rings is 3. The summed E-state index contributed by atoms with van der Waals surface area (Å²) >= 11 is 6.06. The van der Waals surface area contributed by atoms with Crippen LogP contribution in [0.5, 0.6) is 17.2 Å². The molecule has 0 radical (unpaired) electrons. The van der Waals surface area contributed by atoms with Gasteiger partial charge < -0.3 is 24.4 Å². The molecule has 1 aliphatic heterocycles. The Kier molecular flexibility index (Phi) is 7.52. The van der Waals surface area contributed by atoms with Crippen LogP contribution in [0.4, 0.5) is 11.4 Å². The zero-order chi connectivity index (χ0) is 24.8. The minimum atomic E-state index is -0.701. The Hall–Kier alpha value is -4.04. The minimum absolute atomic E-state index is 0.0288. The summed E-state index contributed by atoms with van der Waals surface area (Å²) in [5, 5.41) is 3.10. The average Bonchev–Trinajstić information content (AvgIpc) is 3.26. The molecule has 35 heavy (non-hydrogen) atoms. The fourth-order valence-electron chi connectivity index (χ4n) is 3.65. The molecule has 8 nitrogen and oxygen atoms in total. The highest BCUT2D eigenvalue weighted by Gasteiger charge is 2.37. The van der Waals surface area contributed by atoms with Gasteiger partial charge in [0, 0.05) is 23.7 Å². The zero-order valence-corrected chi connectivity index (χ0v) is 19.7. The van der Waals surface area contributed by atoms with Crippen LogP contribution in [-0.2, 0) is 19.1 Å². The van der Waals surface area contributed by atoms with Crippen molar-refractivity contribution >= 4 is 40.8 Å². The van der Waals surface area contributed by atoms with Crippen molar-refractivity contribution in [1.29, 1.82) is 0 Å². The smallest absolute Gasteiger partial charge is 0.311 e. The van der Waals surface area contributed by atoms with Crippen LogP contribution in [-0.4, -0.2) is 38.0 Å². The van der Waals surface area contributed by atoms with Crippen LogP contribution in [0.2, 0.25) is 5.02 Å². The van der Waals surface area contributed by atoms with Crippen molar-refractivity contribution in [3.05, 3.63) is 77.8 Å². The van der Waals surface area contributed by atoms with Gasteiger partial charge in [-0.3, -0.25) is 14.4 Å². The third-order valence-electron chi connectivity index (χ3n) is 5.35. The first-order valence-electron chi connectivity index (χ1n) is 10.9. The van der Waals surface area contributed by atoms with Gasteiger partial charge in [0.2, 0.25) is 5.91 Å². The van der Waals surface area contributed by atoms with Crippen molar-refractivity contribution < 1.29 is 28.6 Å². The van der Waals surface area contributed by atoms with Crippen molar-refractivity contribution in [2.24, 2.45) is 5.92 Å². The SMILES string of the molecule is COc1ccc(Cl)cc1N1C[C@@H](C(=O)OCC(=O)Nc2ccc(Oc3ccccc3)cc2)CC1=O. The second-order valence-corrected chi connectivity index (χ2v) is 8.25. The molecule has 0 saturated carbocycles. The number of carbonyl (C=O) groups excluding carboxylic acids is 3. The van der Waals surface area contributed by atoms with E-state index in [9.17, 15) is 14.4 Å². The molecule has 0 bridgehead atoms. The molecule has 9 heteroatoms. The van der Waals surface area contributed by atoms with Gasteiger partial charge in [-0.15, -0.1) is 0 Å². The van der Waals surface area contributed by atoms with Crippen molar-refractivity contribution in [2.45, 2.75) is 6.42 Å². The second kappa shape index (κ2) is 10.9. The number of para-hydroxylation sites is 1. The molecule has 1 fully saturated rings. The number of halogens is 1. The first-order chi connectivity index (χ1) is 16.9. The predicted molar refractivity (Wildman–Crippen MR) is 131 cm³/mol. The quantitative estimate of drug-likeness (QED) is 0.457. The Balaban J connectivity index is 1.27. The van der Waals surface area contributed by atoms with E-state index in [1.165, 1.54) is 12.0 Å². The second-order valence-electron chi connectivity index (χ2n) is 7.82. The highest BCUT2D eigenvalue weighted by molar-refractivity contribution is 6.31. The lowest BCUT2D eigenvalue weighted by molar-refractivity contribution is -0.151. The standard InChI is InChI=1S/C26H23ClN2O6/c1-33-23-12-7-18(27)14-22(23)29-15-17(13-25(29)31)26(32)34-16-24(30)28-19-8-10-21(11-9-19)35-20-5-3-2-4-6-20/h2-12,14,17H,13,15-16H2,1H3,(H,28,30)/t17-/m0/s1. The Morgan fingerprint density at radius 2 is 1.74 bits per heavy atom. The summed E-state index contributed by atoms with van der Waals surface area (Å²) in [6.07, 6.45) is -0.0288. The van der Waals surface area contributed by atoms with Gasteiger partial charge in [0.05, 0.1) is 18.7 Å². The van der Waals surface area contributed by atoms with E-state index in [0.29, 0.717) is 33.6 Å².